The van der Waals surface area contributed by atoms with Crippen LogP contribution < -0.4 is 0 Å². The van der Waals surface area contributed by atoms with Crippen molar-refractivity contribution in [3.8, 4) is 6.07 Å². The number of hydrogen-bond donors (Lipinski definition) is 0. The number of nitriles is 1. The molecule has 0 aromatic heterocycles. The van der Waals surface area contributed by atoms with Crippen LogP contribution in [0.25, 0.3) is 0 Å². The SMILES string of the molecule is N#Cc1cccc(C(F)(F)F)c1C1CC=CCC1. The highest BCUT2D eigenvalue weighted by Gasteiger charge is 2.36. The maximum atomic E-state index is 13.0. The van der Waals surface area contributed by atoms with E-state index >= 15 is 0 Å². The van der Waals surface area contributed by atoms with E-state index in [1.165, 1.54) is 12.1 Å². The summed E-state index contributed by atoms with van der Waals surface area (Å²) >= 11 is 0. The van der Waals surface area contributed by atoms with Crippen molar-refractivity contribution < 1.29 is 13.2 Å². The van der Waals surface area contributed by atoms with Crippen molar-refractivity contribution in [2.75, 3.05) is 0 Å². The van der Waals surface area contributed by atoms with Gasteiger partial charge in [0.25, 0.3) is 0 Å². The van der Waals surface area contributed by atoms with Crippen LogP contribution in [0.3, 0.4) is 0 Å². The second-order valence-corrected chi connectivity index (χ2v) is 4.36. The van der Waals surface area contributed by atoms with Crippen LogP contribution in [0.4, 0.5) is 13.2 Å². The second-order valence-electron chi connectivity index (χ2n) is 4.36. The van der Waals surface area contributed by atoms with Crippen molar-refractivity contribution >= 4 is 0 Å². The Bertz CT molecular complexity index is 509. The quantitative estimate of drug-likeness (QED) is 0.678. The van der Waals surface area contributed by atoms with Gasteiger partial charge in [-0.1, -0.05) is 18.2 Å². The lowest BCUT2D eigenvalue weighted by Gasteiger charge is -2.23. The Balaban J connectivity index is 2.55. The molecule has 1 aliphatic carbocycles. The van der Waals surface area contributed by atoms with Gasteiger partial charge in [0.05, 0.1) is 17.2 Å². The molecule has 0 heterocycles. The van der Waals surface area contributed by atoms with Gasteiger partial charge in [-0.25, -0.2) is 0 Å². The zero-order valence-corrected chi connectivity index (χ0v) is 9.67. The fourth-order valence-electron chi connectivity index (χ4n) is 2.41. The minimum Gasteiger partial charge on any atom is -0.192 e. The Kier molecular flexibility index (Phi) is 3.42. The molecule has 0 saturated carbocycles. The molecule has 0 amide bonds. The Morgan fingerprint density at radius 3 is 2.56 bits per heavy atom. The number of benzene rings is 1. The predicted octanol–water partition coefficient (Wildman–Crippen LogP) is 4.40. The number of allylic oxidation sites excluding steroid dienone is 2. The molecule has 1 aromatic rings. The highest BCUT2D eigenvalue weighted by molar-refractivity contribution is 5.46. The first-order valence-electron chi connectivity index (χ1n) is 5.79. The molecule has 0 spiro atoms. The summed E-state index contributed by atoms with van der Waals surface area (Å²) in [4.78, 5) is 0. The second kappa shape index (κ2) is 4.85. The number of halogens is 3. The molecule has 1 aliphatic rings. The average molecular weight is 251 g/mol. The van der Waals surface area contributed by atoms with Gasteiger partial charge in [-0.2, -0.15) is 18.4 Å². The molecule has 0 aliphatic heterocycles. The maximum Gasteiger partial charge on any atom is 0.416 e. The average Bonchev–Trinajstić information content (AvgIpc) is 2.38. The van der Waals surface area contributed by atoms with Gasteiger partial charge in [-0.3, -0.25) is 0 Å². The van der Waals surface area contributed by atoms with Gasteiger partial charge >= 0.3 is 6.18 Å². The van der Waals surface area contributed by atoms with Gasteiger partial charge in [0.1, 0.15) is 0 Å². The van der Waals surface area contributed by atoms with Crippen LogP contribution in [0.5, 0.6) is 0 Å². The monoisotopic (exact) mass is 251 g/mol. The molecule has 1 nitrogen and oxygen atoms in total. The lowest BCUT2D eigenvalue weighted by Crippen LogP contribution is -2.14. The highest BCUT2D eigenvalue weighted by Crippen LogP contribution is 2.40. The summed E-state index contributed by atoms with van der Waals surface area (Å²) in [6, 6.07) is 5.70. The number of nitrogens with zero attached hydrogens (tertiary/aromatic N) is 1. The summed E-state index contributed by atoms with van der Waals surface area (Å²) in [6.07, 6.45) is 1.46. The van der Waals surface area contributed by atoms with Gasteiger partial charge in [0.15, 0.2) is 0 Å². The van der Waals surface area contributed by atoms with Crippen LogP contribution in [0.2, 0.25) is 0 Å². The number of hydrogen-bond acceptors (Lipinski definition) is 1. The zero-order valence-electron chi connectivity index (χ0n) is 9.67. The van der Waals surface area contributed by atoms with E-state index in [1.54, 1.807) is 0 Å². The normalized spacial score (nSPS) is 19.6. The molecular formula is C14H12F3N. The largest absolute Gasteiger partial charge is 0.416 e. The Hall–Kier alpha value is -1.76. The van der Waals surface area contributed by atoms with Crippen LogP contribution in [-0.4, -0.2) is 0 Å². The molecule has 0 bridgehead atoms. The molecular weight excluding hydrogens is 239 g/mol. The zero-order chi connectivity index (χ0) is 13.2. The van der Waals surface area contributed by atoms with E-state index in [2.05, 4.69) is 0 Å². The first-order valence-corrected chi connectivity index (χ1v) is 5.79. The van der Waals surface area contributed by atoms with E-state index < -0.39 is 11.7 Å². The van der Waals surface area contributed by atoms with Crippen LogP contribution >= 0.6 is 0 Å². The van der Waals surface area contributed by atoms with Crippen molar-refractivity contribution in [1.29, 1.82) is 5.26 Å². The minimum absolute atomic E-state index is 0.144. The minimum atomic E-state index is -4.40. The van der Waals surface area contributed by atoms with Gasteiger partial charge in [-0.05, 0) is 42.9 Å². The van der Waals surface area contributed by atoms with E-state index in [-0.39, 0.29) is 17.0 Å². The Labute approximate surface area is 104 Å². The number of rotatable bonds is 1. The third kappa shape index (κ3) is 2.40. The van der Waals surface area contributed by atoms with Crippen LogP contribution in [-0.2, 0) is 6.18 Å². The standard InChI is InChI=1S/C14H12F3N/c15-14(16,17)12-8-4-7-11(9-18)13(12)10-5-2-1-3-6-10/h1-2,4,7-8,10H,3,5-6H2. The third-order valence-corrected chi connectivity index (χ3v) is 3.21. The molecule has 18 heavy (non-hydrogen) atoms. The molecule has 0 N–H and O–H groups in total. The van der Waals surface area contributed by atoms with Crippen LogP contribution in [0.1, 0.15) is 41.9 Å². The summed E-state index contributed by atoms with van der Waals surface area (Å²) in [5.41, 5.74) is -0.358. The fourth-order valence-corrected chi connectivity index (χ4v) is 2.41. The van der Waals surface area contributed by atoms with Crippen LogP contribution in [0.15, 0.2) is 30.4 Å². The molecule has 94 valence electrons. The third-order valence-electron chi connectivity index (χ3n) is 3.21. The Morgan fingerprint density at radius 2 is 2.00 bits per heavy atom. The molecule has 2 rings (SSSR count). The van der Waals surface area contributed by atoms with E-state index in [1.807, 2.05) is 18.2 Å². The van der Waals surface area contributed by atoms with Crippen molar-refractivity contribution in [3.05, 3.63) is 47.0 Å². The van der Waals surface area contributed by atoms with E-state index in [0.29, 0.717) is 12.8 Å². The first-order chi connectivity index (χ1) is 8.54. The summed E-state index contributed by atoms with van der Waals surface area (Å²) in [7, 11) is 0. The predicted molar refractivity (Wildman–Crippen MR) is 61.9 cm³/mol. The lowest BCUT2D eigenvalue weighted by molar-refractivity contribution is -0.138. The van der Waals surface area contributed by atoms with Crippen LogP contribution in [0, 0.1) is 11.3 Å². The summed E-state index contributed by atoms with van der Waals surface area (Å²) in [5, 5.41) is 9.00. The molecule has 0 radical (unpaired) electrons. The first kappa shape index (κ1) is 12.7. The smallest absolute Gasteiger partial charge is 0.192 e. The molecule has 1 aromatic carbocycles. The highest BCUT2D eigenvalue weighted by atomic mass is 19.4. The number of alkyl halides is 3. The van der Waals surface area contributed by atoms with Crippen molar-refractivity contribution in [2.45, 2.75) is 31.4 Å². The summed E-state index contributed by atoms with van der Waals surface area (Å²) < 4.78 is 39.0. The molecule has 4 heteroatoms. The van der Waals surface area contributed by atoms with Gasteiger partial charge < -0.3 is 0 Å². The van der Waals surface area contributed by atoms with Crippen molar-refractivity contribution in [1.82, 2.24) is 0 Å². The summed E-state index contributed by atoms with van der Waals surface area (Å²) in [5.74, 6) is -0.206. The van der Waals surface area contributed by atoms with E-state index in [9.17, 15) is 13.2 Å². The van der Waals surface area contributed by atoms with Gasteiger partial charge in [0, 0.05) is 0 Å². The van der Waals surface area contributed by atoms with Gasteiger partial charge in [0.2, 0.25) is 0 Å². The lowest BCUT2D eigenvalue weighted by atomic mass is 9.82. The fraction of sp³-hybridized carbons (Fsp3) is 0.357. The van der Waals surface area contributed by atoms with E-state index in [4.69, 9.17) is 5.26 Å². The topological polar surface area (TPSA) is 23.8 Å². The summed E-state index contributed by atoms with van der Waals surface area (Å²) in [6.45, 7) is 0. The molecule has 1 unspecified atom stereocenters. The van der Waals surface area contributed by atoms with E-state index in [0.717, 1.165) is 12.5 Å². The maximum absolute atomic E-state index is 13.0. The molecule has 1 atom stereocenters. The molecule has 0 fully saturated rings. The Morgan fingerprint density at radius 1 is 1.22 bits per heavy atom. The molecule has 0 saturated heterocycles. The van der Waals surface area contributed by atoms with Gasteiger partial charge in [-0.15, -0.1) is 0 Å². The van der Waals surface area contributed by atoms with Crippen molar-refractivity contribution in [3.63, 3.8) is 0 Å². The van der Waals surface area contributed by atoms with Crippen molar-refractivity contribution in [2.24, 2.45) is 0 Å².